The summed E-state index contributed by atoms with van der Waals surface area (Å²) in [5.74, 6) is 0. The second kappa shape index (κ2) is 34.2. The van der Waals surface area contributed by atoms with Crippen molar-refractivity contribution in [1.29, 1.82) is 0 Å². The molecule has 1 nitrogen and oxygen atoms in total. The first-order valence-electron chi connectivity index (χ1n) is 21.1. The van der Waals surface area contributed by atoms with Crippen molar-refractivity contribution in [2.45, 2.75) is 100 Å². The van der Waals surface area contributed by atoms with Crippen LogP contribution in [0.2, 0.25) is 0 Å². The lowest BCUT2D eigenvalue weighted by Crippen LogP contribution is -2.03. The van der Waals surface area contributed by atoms with Gasteiger partial charge < -0.3 is 5.73 Å². The molecule has 2 aliphatic carbocycles. The molecule has 0 spiro atoms. The number of allylic oxidation sites excluding steroid dienone is 30. The fourth-order valence-electron chi connectivity index (χ4n) is 5.59. The molecule has 2 N–H and O–H groups in total. The summed E-state index contributed by atoms with van der Waals surface area (Å²) in [5, 5.41) is 0. The van der Waals surface area contributed by atoms with Gasteiger partial charge in [-0.3, -0.25) is 0 Å². The van der Waals surface area contributed by atoms with Crippen molar-refractivity contribution in [3.63, 3.8) is 0 Å². The SMILES string of the molecule is C=C(CCC)CC/C=C\C.C=C/C=C\C=C/CC(=C)/C(=C/C=C\C)C(=C)C(/C(C)=C/C=C\C=C)=C1/C=CC(c2ccc(C)c(N)c2)=CC1.CC1=CC=C=CC=C1.CCC. The Kier molecular flexibility index (Phi) is 30.8. The molecule has 0 atom stereocenters. The maximum Gasteiger partial charge on any atom is 0.0349 e. The molecule has 0 aromatic heterocycles. The zero-order valence-electron chi connectivity index (χ0n) is 38.0. The number of benzene rings is 1. The van der Waals surface area contributed by atoms with E-state index in [1.54, 1.807) is 12.2 Å². The number of hydrogen-bond acceptors (Lipinski definition) is 1. The molecule has 0 saturated heterocycles. The standard InChI is InChI=1S/C37H41N.C10H18.C8H8.C3H8/c1-8-11-14-15-17-18-28(4)35(20-13-10-3)31(7)37(30(6)19-16-12-9-2)33-25-23-32(24-26-33)34-22-21-29(5)36(38)27-34;1-4-6-7-9-10(3)8-5-2;1-8-6-4-2-3-5-7-8;1-3-2/h8-17,19-25,27H,1-2,4,7,18,26,38H2,3,5-6H3;4,6H,3,5,7-9H2,1-2H3;2,4-7H,1H3;3H2,1-2H3/b13-10-,14-11-,16-12-,17-15-,30-19+,35-20-,37-33-;6-4-;;. The molecule has 0 fully saturated rings. The van der Waals surface area contributed by atoms with Crippen LogP contribution in [-0.4, -0.2) is 0 Å². The predicted octanol–water partition coefficient (Wildman–Crippen LogP) is 17.5. The van der Waals surface area contributed by atoms with Crippen LogP contribution in [0, 0.1) is 6.92 Å². The molecule has 312 valence electrons. The second-order valence-electron chi connectivity index (χ2n) is 14.2. The summed E-state index contributed by atoms with van der Waals surface area (Å²) < 4.78 is 0. The fourth-order valence-corrected chi connectivity index (χ4v) is 5.59. The number of rotatable bonds is 17. The average molecular weight is 786 g/mol. The summed E-state index contributed by atoms with van der Waals surface area (Å²) >= 11 is 0. The van der Waals surface area contributed by atoms with Gasteiger partial charge in [0, 0.05) is 5.69 Å². The van der Waals surface area contributed by atoms with Crippen LogP contribution in [0.5, 0.6) is 0 Å². The molecule has 0 bridgehead atoms. The van der Waals surface area contributed by atoms with Crippen LogP contribution < -0.4 is 5.73 Å². The average Bonchev–Trinajstić information content (AvgIpc) is 3.47. The van der Waals surface area contributed by atoms with Gasteiger partial charge in [-0.2, -0.15) is 0 Å². The van der Waals surface area contributed by atoms with Gasteiger partial charge in [0.15, 0.2) is 0 Å². The number of nitrogen functional groups attached to an aromatic ring is 1. The van der Waals surface area contributed by atoms with Crippen molar-refractivity contribution in [2.75, 3.05) is 5.73 Å². The van der Waals surface area contributed by atoms with Crippen LogP contribution in [-0.2, 0) is 0 Å². The fraction of sp³-hybridized carbons (Fsp3) is 0.259. The molecule has 1 aromatic carbocycles. The van der Waals surface area contributed by atoms with Crippen molar-refractivity contribution < 1.29 is 0 Å². The highest BCUT2D eigenvalue weighted by atomic mass is 14.6. The monoisotopic (exact) mass is 786 g/mol. The highest BCUT2D eigenvalue weighted by Crippen LogP contribution is 2.36. The summed E-state index contributed by atoms with van der Waals surface area (Å²) in [4.78, 5) is 0. The zero-order chi connectivity index (χ0) is 44.3. The van der Waals surface area contributed by atoms with E-state index < -0.39 is 0 Å². The number of nitrogens with two attached hydrogens (primary N) is 1. The molecule has 0 aliphatic heterocycles. The molecule has 1 aromatic rings. The zero-order valence-corrected chi connectivity index (χ0v) is 38.0. The third kappa shape index (κ3) is 23.8. The van der Waals surface area contributed by atoms with Gasteiger partial charge in [-0.1, -0.05) is 211 Å². The molecule has 0 amide bonds. The molecule has 59 heavy (non-hydrogen) atoms. The topological polar surface area (TPSA) is 26.0 Å². The van der Waals surface area contributed by atoms with Crippen molar-refractivity contribution >= 4 is 11.3 Å². The van der Waals surface area contributed by atoms with Crippen LogP contribution in [0.25, 0.3) is 5.57 Å². The Hall–Kier alpha value is -5.88. The molecular weight excluding hydrogens is 711 g/mol. The summed E-state index contributed by atoms with van der Waals surface area (Å²) in [7, 11) is 0. The number of anilines is 1. The largest absolute Gasteiger partial charge is 0.398 e. The van der Waals surface area contributed by atoms with E-state index in [1.807, 2.05) is 86.8 Å². The first-order chi connectivity index (χ1) is 28.4. The quantitative estimate of drug-likeness (QED) is 0.0724. The van der Waals surface area contributed by atoms with Crippen LogP contribution in [0.3, 0.4) is 0 Å². The van der Waals surface area contributed by atoms with Crippen molar-refractivity contribution in [1.82, 2.24) is 0 Å². The minimum Gasteiger partial charge on any atom is -0.398 e. The Morgan fingerprint density at radius 1 is 0.814 bits per heavy atom. The molecule has 3 rings (SSSR count). The Bertz CT molecular complexity index is 1960. The minimum atomic E-state index is 0.723. The van der Waals surface area contributed by atoms with Gasteiger partial charge in [0.2, 0.25) is 0 Å². The summed E-state index contributed by atoms with van der Waals surface area (Å²) in [5.41, 5.74) is 22.5. The van der Waals surface area contributed by atoms with Crippen molar-refractivity contribution in [2.24, 2.45) is 0 Å². The normalized spacial score (nSPS) is 14.6. The molecule has 1 heteroatoms. The summed E-state index contributed by atoms with van der Waals surface area (Å²) in [6, 6.07) is 6.24. The lowest BCUT2D eigenvalue weighted by molar-refractivity contribution is 0.833. The van der Waals surface area contributed by atoms with Gasteiger partial charge in [0.25, 0.3) is 0 Å². The van der Waals surface area contributed by atoms with Crippen LogP contribution in [0.4, 0.5) is 5.69 Å². The van der Waals surface area contributed by atoms with Crippen molar-refractivity contribution in [3.8, 4) is 0 Å². The van der Waals surface area contributed by atoms with E-state index in [1.165, 1.54) is 41.6 Å². The maximum atomic E-state index is 6.17. The van der Waals surface area contributed by atoms with Crippen LogP contribution >= 0.6 is 0 Å². The molecule has 0 unspecified atom stereocenters. The molecule has 0 radical (unpaired) electrons. The van der Waals surface area contributed by atoms with E-state index in [0.29, 0.717) is 0 Å². The summed E-state index contributed by atoms with van der Waals surface area (Å²) in [6.07, 6.45) is 52.1. The third-order valence-electron chi connectivity index (χ3n) is 8.75. The molecule has 0 saturated carbocycles. The van der Waals surface area contributed by atoms with E-state index in [2.05, 4.69) is 147 Å². The first-order valence-corrected chi connectivity index (χ1v) is 21.1. The predicted molar refractivity (Wildman–Crippen MR) is 271 cm³/mol. The molecule has 0 heterocycles. The van der Waals surface area contributed by atoms with Crippen LogP contribution in [0.15, 0.2) is 235 Å². The van der Waals surface area contributed by atoms with E-state index in [-0.39, 0.29) is 0 Å². The highest BCUT2D eigenvalue weighted by molar-refractivity contribution is 5.79. The van der Waals surface area contributed by atoms with Crippen molar-refractivity contribution in [3.05, 3.63) is 246 Å². The van der Waals surface area contributed by atoms with Crippen LogP contribution in [0.1, 0.15) is 105 Å². The highest BCUT2D eigenvalue weighted by Gasteiger charge is 2.17. The van der Waals surface area contributed by atoms with Gasteiger partial charge in [-0.05, 0) is 135 Å². The van der Waals surface area contributed by atoms with E-state index in [9.17, 15) is 0 Å². The van der Waals surface area contributed by atoms with Gasteiger partial charge in [-0.25, -0.2) is 0 Å². The minimum absolute atomic E-state index is 0.723. The van der Waals surface area contributed by atoms with E-state index >= 15 is 0 Å². The third-order valence-corrected chi connectivity index (χ3v) is 8.75. The lowest BCUT2D eigenvalue weighted by atomic mass is 9.83. The summed E-state index contributed by atoms with van der Waals surface area (Å²) in [6.45, 7) is 37.2. The van der Waals surface area contributed by atoms with Gasteiger partial charge >= 0.3 is 0 Å². The molecule has 2 aliphatic rings. The van der Waals surface area contributed by atoms with Gasteiger partial charge in [0.1, 0.15) is 0 Å². The first kappa shape index (κ1) is 53.1. The smallest absolute Gasteiger partial charge is 0.0349 e. The Labute approximate surface area is 362 Å². The number of hydrogen-bond donors (Lipinski definition) is 1. The van der Waals surface area contributed by atoms with Gasteiger partial charge in [0.05, 0.1) is 0 Å². The Balaban J connectivity index is 0.00000130. The number of aryl methyl sites for hydroxylation is 1. The Morgan fingerprint density at radius 2 is 1.53 bits per heavy atom. The molecular formula is C58H75N. The maximum absolute atomic E-state index is 6.17. The second-order valence-corrected chi connectivity index (χ2v) is 14.2. The van der Waals surface area contributed by atoms with E-state index in [0.717, 1.165) is 70.4 Å². The Morgan fingerprint density at radius 3 is 2.14 bits per heavy atom. The van der Waals surface area contributed by atoms with E-state index in [4.69, 9.17) is 5.73 Å². The van der Waals surface area contributed by atoms with Gasteiger partial charge in [-0.15, -0.1) is 5.73 Å². The lowest BCUT2D eigenvalue weighted by Gasteiger charge is -2.21.